The van der Waals surface area contributed by atoms with Gasteiger partial charge in [0.1, 0.15) is 29.5 Å². The summed E-state index contributed by atoms with van der Waals surface area (Å²) < 4.78 is 65.5. The zero-order valence-electron chi connectivity index (χ0n) is 31.1. The highest BCUT2D eigenvalue weighted by molar-refractivity contribution is 14.1. The molecule has 2 aliphatic carbocycles. The van der Waals surface area contributed by atoms with E-state index in [0.717, 1.165) is 4.31 Å². The van der Waals surface area contributed by atoms with Crippen molar-refractivity contribution in [1.29, 1.82) is 0 Å². The lowest BCUT2D eigenvalue weighted by molar-refractivity contribution is -0.141. The molecule has 2 aromatic carbocycles. The number of carbonyl (C=O) groups excluding carboxylic acids is 3. The molecule has 1 aliphatic heterocycles. The van der Waals surface area contributed by atoms with E-state index in [9.17, 15) is 31.2 Å². The van der Waals surface area contributed by atoms with Crippen LogP contribution < -0.4 is 24.8 Å². The van der Waals surface area contributed by atoms with Gasteiger partial charge in [-0.2, -0.15) is 0 Å². The van der Waals surface area contributed by atoms with Crippen molar-refractivity contribution in [2.75, 3.05) is 33.1 Å². The summed E-state index contributed by atoms with van der Waals surface area (Å²) in [5, 5.41) is 7.12. The van der Waals surface area contributed by atoms with Crippen molar-refractivity contribution >= 4 is 88.4 Å². The quantitative estimate of drug-likeness (QED) is 0.167. The van der Waals surface area contributed by atoms with Crippen molar-refractivity contribution < 1.29 is 40.7 Å². The first-order valence-corrected chi connectivity index (χ1v) is 22.2. The number of benzene rings is 2. The third-order valence-electron chi connectivity index (χ3n) is 10.0. The number of likely N-dealkylation sites (tertiary alicyclic amines) is 1. The van der Waals surface area contributed by atoms with Crippen LogP contribution in [0.5, 0.6) is 11.6 Å². The number of amides is 3. The molecule has 1 saturated heterocycles. The SMILES string of the molecule is COc1cnc(O[C@@H]2C[C@@H](C(=O)N[C@]3(C(=O)NS(=O)(=O)C4CC4)C[C@H]3I)N(C(=O)C(Nc3ccc(S(=O)(=O)N(C)C)cc3)C(C)(C)C)C2)c2cc(Cl)ccc12. The number of hydrogen-bond donors (Lipinski definition) is 3. The molecule has 3 aromatic rings. The smallest absolute Gasteiger partial charge is 0.260 e. The number of rotatable bonds is 13. The van der Waals surface area contributed by atoms with Gasteiger partial charge in [-0.25, -0.2) is 26.1 Å². The first-order valence-electron chi connectivity index (χ1n) is 17.6. The largest absolute Gasteiger partial charge is 0.494 e. The van der Waals surface area contributed by atoms with Crippen molar-refractivity contribution in [1.82, 2.24) is 24.2 Å². The number of halogens is 2. The number of nitrogens with one attached hydrogen (secondary N) is 3. The molecule has 19 heteroatoms. The van der Waals surface area contributed by atoms with Gasteiger partial charge in [-0.05, 0) is 67.1 Å². The lowest BCUT2D eigenvalue weighted by Gasteiger charge is -2.36. The van der Waals surface area contributed by atoms with Crippen LogP contribution in [0.3, 0.4) is 0 Å². The molecule has 3 N–H and O–H groups in total. The van der Waals surface area contributed by atoms with Gasteiger partial charge in [-0.15, -0.1) is 0 Å². The van der Waals surface area contributed by atoms with Gasteiger partial charge in [0, 0.05) is 45.9 Å². The van der Waals surface area contributed by atoms with Gasteiger partial charge in [-0.3, -0.25) is 19.1 Å². The zero-order valence-corrected chi connectivity index (χ0v) is 35.7. The fourth-order valence-corrected chi connectivity index (χ4v) is 10.1. The first-order chi connectivity index (χ1) is 25.7. The average Bonchev–Trinajstić information content (AvgIpc) is 4.03. The molecule has 2 heterocycles. The molecule has 15 nitrogen and oxygen atoms in total. The standard InChI is InChI=1S/C36H44ClIN6O9S2/c1-35(2,3)30(40-21-8-10-24(11-9-21)55(50,51)43(4)5)33(46)44-19-22(53-32-26-15-20(37)7-14-25(26)28(52-6)18-39-32)16-27(44)31(45)41-36(17-29(36)38)34(47)42-54(48,49)23-12-13-23/h7-11,14-15,18,22-23,27,29-30,40H,12-13,16-17,19H2,1-6H3,(H,41,45)(H,42,47)/t22-,27+,29-,30?,36-/m1/s1. The minimum Gasteiger partial charge on any atom is -0.494 e. The van der Waals surface area contributed by atoms with Gasteiger partial charge in [0.2, 0.25) is 37.7 Å². The lowest BCUT2D eigenvalue weighted by atomic mass is 9.85. The molecule has 298 valence electrons. The van der Waals surface area contributed by atoms with Crippen LogP contribution in [-0.4, -0.2) is 109 Å². The Kier molecular flexibility index (Phi) is 11.3. The maximum absolute atomic E-state index is 14.7. The predicted molar refractivity (Wildman–Crippen MR) is 215 cm³/mol. The Bertz CT molecular complexity index is 2230. The number of alkyl halides is 1. The summed E-state index contributed by atoms with van der Waals surface area (Å²) in [6, 6.07) is 9.15. The Morgan fingerprint density at radius 2 is 1.71 bits per heavy atom. The van der Waals surface area contributed by atoms with Crippen LogP contribution >= 0.6 is 34.2 Å². The maximum atomic E-state index is 14.7. The molecule has 0 radical (unpaired) electrons. The van der Waals surface area contributed by atoms with Crippen LogP contribution in [0.15, 0.2) is 53.6 Å². The van der Waals surface area contributed by atoms with Crippen LogP contribution in [0.2, 0.25) is 5.02 Å². The number of nitrogens with zero attached hydrogens (tertiary/aromatic N) is 3. The Labute approximate surface area is 339 Å². The first kappa shape index (κ1) is 41.2. The summed E-state index contributed by atoms with van der Waals surface area (Å²) >= 11 is 8.36. The third kappa shape index (κ3) is 8.47. The minimum atomic E-state index is -3.88. The van der Waals surface area contributed by atoms with Crippen LogP contribution in [0.25, 0.3) is 10.8 Å². The molecule has 3 amide bonds. The summed E-state index contributed by atoms with van der Waals surface area (Å²) in [5.74, 6) is -1.19. The summed E-state index contributed by atoms with van der Waals surface area (Å²) in [6.07, 6.45) is 1.92. The molecular formula is C36H44ClIN6O9S2. The summed E-state index contributed by atoms with van der Waals surface area (Å²) in [5.41, 5.74) is -1.73. The second-order valence-corrected chi connectivity index (χ2v) is 21.4. The van der Waals surface area contributed by atoms with Gasteiger partial charge in [0.25, 0.3) is 5.91 Å². The molecule has 3 aliphatic rings. The van der Waals surface area contributed by atoms with E-state index in [0.29, 0.717) is 40.1 Å². The second kappa shape index (κ2) is 15.1. The van der Waals surface area contributed by atoms with Gasteiger partial charge < -0.3 is 25.0 Å². The highest BCUT2D eigenvalue weighted by Crippen LogP contribution is 2.45. The number of fused-ring (bicyclic) bond motifs is 1. The minimum absolute atomic E-state index is 0.0191. The van der Waals surface area contributed by atoms with E-state index in [2.05, 4.69) is 20.3 Å². The van der Waals surface area contributed by atoms with Crippen molar-refractivity contribution in [2.45, 2.75) is 84.3 Å². The number of hydrogen-bond acceptors (Lipinski definition) is 11. The predicted octanol–water partition coefficient (Wildman–Crippen LogP) is 3.69. The lowest BCUT2D eigenvalue weighted by Crippen LogP contribution is -2.58. The number of carbonyl (C=O) groups is 3. The Morgan fingerprint density at radius 3 is 2.27 bits per heavy atom. The maximum Gasteiger partial charge on any atom is 0.260 e. The number of aromatic nitrogens is 1. The molecule has 1 unspecified atom stereocenters. The highest BCUT2D eigenvalue weighted by Gasteiger charge is 2.62. The number of sulfonamides is 2. The van der Waals surface area contributed by atoms with Gasteiger partial charge in [-0.1, -0.05) is 55.0 Å². The molecule has 1 aromatic heterocycles. The number of anilines is 1. The highest BCUT2D eigenvalue weighted by atomic mass is 127. The van der Waals surface area contributed by atoms with E-state index in [1.54, 1.807) is 30.3 Å². The summed E-state index contributed by atoms with van der Waals surface area (Å²) in [4.78, 5) is 48.4. The van der Waals surface area contributed by atoms with E-state index < -0.39 is 72.2 Å². The summed E-state index contributed by atoms with van der Waals surface area (Å²) in [7, 11) is -3.18. The molecule has 5 atom stereocenters. The number of methoxy groups -OCH3 is 1. The molecule has 0 spiro atoms. The Morgan fingerprint density at radius 1 is 1.05 bits per heavy atom. The van der Waals surface area contributed by atoms with Crippen LogP contribution in [-0.2, 0) is 34.4 Å². The third-order valence-corrected chi connectivity index (χ3v) is 15.4. The van der Waals surface area contributed by atoms with E-state index in [-0.39, 0.29) is 34.1 Å². The van der Waals surface area contributed by atoms with Crippen LogP contribution in [0.4, 0.5) is 5.69 Å². The van der Waals surface area contributed by atoms with Crippen LogP contribution in [0.1, 0.15) is 46.5 Å². The number of ether oxygens (including phenoxy) is 2. The van der Waals surface area contributed by atoms with E-state index >= 15 is 0 Å². The summed E-state index contributed by atoms with van der Waals surface area (Å²) in [6.45, 7) is 5.53. The molecule has 55 heavy (non-hydrogen) atoms. The molecular weight excluding hydrogens is 887 g/mol. The van der Waals surface area contributed by atoms with Gasteiger partial charge in [0.15, 0.2) is 0 Å². The average molecular weight is 931 g/mol. The van der Waals surface area contributed by atoms with E-state index in [1.165, 1.54) is 44.4 Å². The van der Waals surface area contributed by atoms with Crippen molar-refractivity contribution in [3.63, 3.8) is 0 Å². The van der Waals surface area contributed by atoms with E-state index in [1.807, 2.05) is 43.4 Å². The second-order valence-electron chi connectivity index (χ2n) is 15.4. The molecule has 2 saturated carbocycles. The van der Waals surface area contributed by atoms with Crippen molar-refractivity contribution in [3.05, 3.63) is 53.7 Å². The van der Waals surface area contributed by atoms with Gasteiger partial charge in [0.05, 0.1) is 30.0 Å². The normalized spacial score (nSPS) is 23.3. The monoisotopic (exact) mass is 930 g/mol. The zero-order chi connectivity index (χ0) is 40.2. The Hall–Kier alpha value is -3.46. The molecule has 0 bridgehead atoms. The topological polar surface area (TPSA) is 193 Å². The molecule has 6 rings (SSSR count). The fraction of sp³-hybridized carbons (Fsp3) is 0.500. The molecule has 3 fully saturated rings. The number of pyridine rings is 1. The Balaban J connectivity index is 1.31. The van der Waals surface area contributed by atoms with E-state index in [4.69, 9.17) is 21.1 Å². The van der Waals surface area contributed by atoms with Crippen molar-refractivity contribution in [2.24, 2.45) is 5.41 Å². The fourth-order valence-electron chi connectivity index (χ4n) is 6.50. The van der Waals surface area contributed by atoms with Crippen molar-refractivity contribution in [3.8, 4) is 11.6 Å². The van der Waals surface area contributed by atoms with Gasteiger partial charge >= 0.3 is 0 Å². The van der Waals surface area contributed by atoms with Crippen LogP contribution in [0, 0.1) is 5.41 Å².